The van der Waals surface area contributed by atoms with Crippen LogP contribution in [0.1, 0.15) is 36.0 Å². The molecule has 0 bridgehead atoms. The lowest BCUT2D eigenvalue weighted by atomic mass is 9.92. The SMILES string of the molecule is O=C(NC1CCC(Oc2ccc(Cl)cn2)CC1)c1ccc([N+](=O)[O-])cc1. The van der Waals surface area contributed by atoms with Gasteiger partial charge in [0, 0.05) is 36.0 Å². The number of carbonyl (C=O) groups is 1. The molecule has 0 aliphatic heterocycles. The monoisotopic (exact) mass is 375 g/mol. The number of pyridine rings is 1. The van der Waals surface area contributed by atoms with Gasteiger partial charge in [-0.25, -0.2) is 4.98 Å². The van der Waals surface area contributed by atoms with Crippen LogP contribution in [0.25, 0.3) is 0 Å². The number of halogens is 1. The zero-order valence-corrected chi connectivity index (χ0v) is 14.7. The molecule has 1 fully saturated rings. The molecule has 1 aromatic carbocycles. The minimum absolute atomic E-state index is 0.0324. The highest BCUT2D eigenvalue weighted by Crippen LogP contribution is 2.24. The molecule has 7 nitrogen and oxygen atoms in total. The number of rotatable bonds is 5. The summed E-state index contributed by atoms with van der Waals surface area (Å²) in [6.45, 7) is 0. The molecule has 0 radical (unpaired) electrons. The van der Waals surface area contributed by atoms with Crippen LogP contribution in [0.5, 0.6) is 5.88 Å². The molecule has 2 aromatic rings. The Morgan fingerprint density at radius 2 is 1.85 bits per heavy atom. The third-order valence-electron chi connectivity index (χ3n) is 4.34. The zero-order valence-electron chi connectivity index (χ0n) is 13.9. The van der Waals surface area contributed by atoms with Crippen molar-refractivity contribution in [2.45, 2.75) is 37.8 Å². The van der Waals surface area contributed by atoms with E-state index in [1.165, 1.54) is 24.3 Å². The number of nitrogens with zero attached hydrogens (tertiary/aromatic N) is 2. The Balaban J connectivity index is 1.48. The first kappa shape index (κ1) is 18.1. The van der Waals surface area contributed by atoms with Crippen LogP contribution in [0.2, 0.25) is 5.02 Å². The number of nitro groups is 1. The molecule has 1 aromatic heterocycles. The summed E-state index contributed by atoms with van der Waals surface area (Å²) < 4.78 is 5.84. The number of ether oxygens (including phenoxy) is 1. The smallest absolute Gasteiger partial charge is 0.269 e. The van der Waals surface area contributed by atoms with Crippen molar-refractivity contribution in [2.75, 3.05) is 0 Å². The molecular weight excluding hydrogens is 358 g/mol. The zero-order chi connectivity index (χ0) is 18.5. The van der Waals surface area contributed by atoms with Crippen molar-refractivity contribution in [1.82, 2.24) is 10.3 Å². The van der Waals surface area contributed by atoms with E-state index in [9.17, 15) is 14.9 Å². The third kappa shape index (κ3) is 4.70. The molecule has 8 heteroatoms. The van der Waals surface area contributed by atoms with Crippen molar-refractivity contribution >= 4 is 23.2 Å². The molecule has 1 aliphatic carbocycles. The number of aromatic nitrogens is 1. The number of amides is 1. The topological polar surface area (TPSA) is 94.4 Å². The van der Waals surface area contributed by atoms with E-state index in [4.69, 9.17) is 16.3 Å². The molecule has 0 atom stereocenters. The van der Waals surface area contributed by atoms with Crippen LogP contribution in [0.4, 0.5) is 5.69 Å². The normalized spacial score (nSPS) is 19.6. The first-order chi connectivity index (χ1) is 12.5. The largest absolute Gasteiger partial charge is 0.474 e. The molecule has 0 unspecified atom stereocenters. The van der Waals surface area contributed by atoms with Gasteiger partial charge >= 0.3 is 0 Å². The second kappa shape index (κ2) is 8.14. The van der Waals surface area contributed by atoms with Crippen molar-refractivity contribution in [3.05, 3.63) is 63.3 Å². The predicted octanol–water partition coefficient (Wildman–Crippen LogP) is 3.76. The quantitative estimate of drug-likeness (QED) is 0.634. The number of non-ortho nitro benzene ring substituents is 1. The molecule has 0 spiro atoms. The maximum atomic E-state index is 12.3. The summed E-state index contributed by atoms with van der Waals surface area (Å²) in [7, 11) is 0. The fourth-order valence-corrected chi connectivity index (χ4v) is 3.04. The van der Waals surface area contributed by atoms with E-state index in [-0.39, 0.29) is 23.7 Å². The predicted molar refractivity (Wildman–Crippen MR) is 96.5 cm³/mol. The van der Waals surface area contributed by atoms with Gasteiger partial charge in [-0.15, -0.1) is 0 Å². The summed E-state index contributed by atoms with van der Waals surface area (Å²) >= 11 is 5.81. The molecule has 136 valence electrons. The Kier molecular flexibility index (Phi) is 5.68. The average Bonchev–Trinajstić information content (AvgIpc) is 2.65. The van der Waals surface area contributed by atoms with Crippen molar-refractivity contribution in [1.29, 1.82) is 0 Å². The van der Waals surface area contributed by atoms with Gasteiger partial charge in [-0.3, -0.25) is 14.9 Å². The van der Waals surface area contributed by atoms with Crippen LogP contribution in [0, 0.1) is 10.1 Å². The van der Waals surface area contributed by atoms with Crippen LogP contribution in [-0.2, 0) is 0 Å². The standard InChI is InChI=1S/C18H18ClN3O4/c19-13-3-10-17(20-11-13)26-16-8-4-14(5-9-16)21-18(23)12-1-6-15(7-2-12)22(24)25/h1-3,6-7,10-11,14,16H,4-5,8-9H2,(H,21,23). The lowest BCUT2D eigenvalue weighted by Crippen LogP contribution is -2.39. The van der Waals surface area contributed by atoms with Crippen LogP contribution in [-0.4, -0.2) is 28.0 Å². The van der Waals surface area contributed by atoms with Gasteiger partial charge in [0.2, 0.25) is 5.88 Å². The maximum Gasteiger partial charge on any atom is 0.269 e. The highest BCUT2D eigenvalue weighted by atomic mass is 35.5. The van der Waals surface area contributed by atoms with E-state index in [1.807, 2.05) is 0 Å². The van der Waals surface area contributed by atoms with E-state index in [2.05, 4.69) is 10.3 Å². The Bertz CT molecular complexity index is 772. The van der Waals surface area contributed by atoms with Crippen molar-refractivity contribution < 1.29 is 14.5 Å². The highest BCUT2D eigenvalue weighted by Gasteiger charge is 2.24. The fourth-order valence-electron chi connectivity index (χ4n) is 2.93. The van der Waals surface area contributed by atoms with Gasteiger partial charge in [0.25, 0.3) is 11.6 Å². The number of hydrogen-bond donors (Lipinski definition) is 1. The Labute approximate surface area is 155 Å². The van der Waals surface area contributed by atoms with E-state index >= 15 is 0 Å². The average molecular weight is 376 g/mol. The van der Waals surface area contributed by atoms with Crippen LogP contribution >= 0.6 is 11.6 Å². The summed E-state index contributed by atoms with van der Waals surface area (Å²) in [5.74, 6) is 0.330. The van der Waals surface area contributed by atoms with Gasteiger partial charge in [0.1, 0.15) is 6.10 Å². The molecule has 1 aliphatic rings. The molecule has 1 amide bonds. The number of carbonyl (C=O) groups excluding carboxylic acids is 1. The minimum Gasteiger partial charge on any atom is -0.474 e. The van der Waals surface area contributed by atoms with Crippen molar-refractivity contribution in [2.24, 2.45) is 0 Å². The van der Waals surface area contributed by atoms with Crippen molar-refractivity contribution in [3.8, 4) is 5.88 Å². The lowest BCUT2D eigenvalue weighted by Gasteiger charge is -2.29. The molecule has 1 saturated carbocycles. The number of benzene rings is 1. The molecule has 0 saturated heterocycles. The second-order valence-corrected chi connectivity index (χ2v) is 6.62. The fraction of sp³-hybridized carbons (Fsp3) is 0.333. The van der Waals surface area contributed by atoms with Crippen LogP contribution in [0.3, 0.4) is 0 Å². The minimum atomic E-state index is -0.488. The van der Waals surface area contributed by atoms with E-state index < -0.39 is 4.92 Å². The summed E-state index contributed by atoms with van der Waals surface area (Å²) in [6.07, 6.45) is 4.85. The molecule has 1 N–H and O–H groups in total. The molecular formula is C18H18ClN3O4. The Hall–Kier alpha value is -2.67. The Morgan fingerprint density at radius 3 is 2.42 bits per heavy atom. The number of hydrogen-bond acceptors (Lipinski definition) is 5. The van der Waals surface area contributed by atoms with Gasteiger partial charge in [0.15, 0.2) is 0 Å². The van der Waals surface area contributed by atoms with Gasteiger partial charge in [0.05, 0.1) is 9.95 Å². The molecule has 1 heterocycles. The van der Waals surface area contributed by atoms with Gasteiger partial charge < -0.3 is 10.1 Å². The number of nitro benzene ring substituents is 1. The third-order valence-corrected chi connectivity index (χ3v) is 4.56. The summed E-state index contributed by atoms with van der Waals surface area (Å²) in [5.41, 5.74) is 0.384. The molecule has 26 heavy (non-hydrogen) atoms. The summed E-state index contributed by atoms with van der Waals surface area (Å²) in [5, 5.41) is 14.2. The van der Waals surface area contributed by atoms with E-state index in [0.29, 0.717) is 16.5 Å². The summed E-state index contributed by atoms with van der Waals surface area (Å²) in [4.78, 5) is 26.6. The lowest BCUT2D eigenvalue weighted by molar-refractivity contribution is -0.384. The number of nitrogens with one attached hydrogen (secondary N) is 1. The van der Waals surface area contributed by atoms with Crippen molar-refractivity contribution in [3.63, 3.8) is 0 Å². The second-order valence-electron chi connectivity index (χ2n) is 6.18. The van der Waals surface area contributed by atoms with E-state index in [0.717, 1.165) is 25.7 Å². The van der Waals surface area contributed by atoms with E-state index in [1.54, 1.807) is 18.3 Å². The van der Waals surface area contributed by atoms with Gasteiger partial charge in [-0.2, -0.15) is 0 Å². The highest BCUT2D eigenvalue weighted by molar-refractivity contribution is 6.30. The first-order valence-electron chi connectivity index (χ1n) is 8.35. The summed E-state index contributed by atoms with van der Waals surface area (Å²) in [6, 6.07) is 9.14. The molecule has 3 rings (SSSR count). The van der Waals surface area contributed by atoms with Crippen LogP contribution < -0.4 is 10.1 Å². The Morgan fingerprint density at radius 1 is 1.15 bits per heavy atom. The maximum absolute atomic E-state index is 12.3. The van der Waals surface area contributed by atoms with Gasteiger partial charge in [-0.1, -0.05) is 11.6 Å². The first-order valence-corrected chi connectivity index (χ1v) is 8.72. The van der Waals surface area contributed by atoms with Crippen LogP contribution in [0.15, 0.2) is 42.6 Å². The van der Waals surface area contributed by atoms with Gasteiger partial charge in [-0.05, 0) is 43.9 Å².